The normalized spacial score (nSPS) is 15.4. The maximum absolute atomic E-state index is 12.6. The maximum Gasteiger partial charge on any atom is 0.303 e. The van der Waals surface area contributed by atoms with Gasteiger partial charge >= 0.3 is 5.97 Å². The molecule has 0 spiro atoms. The monoisotopic (exact) mass is 398 g/mol. The van der Waals surface area contributed by atoms with E-state index < -0.39 is 16.0 Å². The highest BCUT2D eigenvalue weighted by Crippen LogP contribution is 2.16. The van der Waals surface area contributed by atoms with Crippen LogP contribution in [0.5, 0.6) is 0 Å². The van der Waals surface area contributed by atoms with E-state index >= 15 is 0 Å². The number of carbonyl (C=O) groups excluding carboxylic acids is 1. The number of ether oxygens (including phenoxy) is 1. The molecule has 1 saturated heterocycles. The van der Waals surface area contributed by atoms with Crippen LogP contribution in [0.15, 0.2) is 24.3 Å². The average Bonchev–Trinajstić information content (AvgIpc) is 2.65. The number of nitrogens with one attached hydrogen (secondary N) is 1. The topological polar surface area (TPSA) is 113 Å². The van der Waals surface area contributed by atoms with Crippen molar-refractivity contribution in [3.05, 3.63) is 35.4 Å². The Morgan fingerprint density at radius 3 is 2.37 bits per heavy atom. The van der Waals surface area contributed by atoms with Gasteiger partial charge in [0.05, 0.1) is 19.0 Å². The third-order valence-corrected chi connectivity index (χ3v) is 6.17. The van der Waals surface area contributed by atoms with Gasteiger partial charge in [-0.3, -0.25) is 9.59 Å². The molecule has 1 aliphatic rings. The zero-order chi connectivity index (χ0) is 19.7. The number of carboxylic acid groups (broad SMARTS) is 1. The Labute approximate surface area is 159 Å². The fraction of sp³-hybridized carbons (Fsp3) is 0.556. The molecule has 1 amide bonds. The number of benzene rings is 1. The Morgan fingerprint density at radius 2 is 1.70 bits per heavy atom. The summed E-state index contributed by atoms with van der Waals surface area (Å²) in [4.78, 5) is 22.4. The summed E-state index contributed by atoms with van der Waals surface area (Å²) in [5, 5.41) is 11.4. The minimum Gasteiger partial charge on any atom is -0.481 e. The molecule has 27 heavy (non-hydrogen) atoms. The van der Waals surface area contributed by atoms with Crippen LogP contribution in [0.3, 0.4) is 0 Å². The summed E-state index contributed by atoms with van der Waals surface area (Å²) >= 11 is 0. The van der Waals surface area contributed by atoms with E-state index in [1.807, 2.05) is 0 Å². The van der Waals surface area contributed by atoms with Crippen molar-refractivity contribution >= 4 is 21.9 Å². The average molecular weight is 398 g/mol. The number of carboxylic acids is 1. The van der Waals surface area contributed by atoms with Crippen molar-refractivity contribution in [3.8, 4) is 0 Å². The molecule has 0 aliphatic carbocycles. The van der Waals surface area contributed by atoms with Crippen LogP contribution in [0.4, 0.5) is 0 Å². The zero-order valence-corrected chi connectivity index (χ0v) is 16.0. The van der Waals surface area contributed by atoms with Crippen LogP contribution in [-0.2, 0) is 36.6 Å². The molecule has 1 aromatic rings. The number of aliphatic carboxylic acids is 1. The molecule has 1 aliphatic heterocycles. The second-order valence-corrected chi connectivity index (χ2v) is 8.38. The van der Waals surface area contributed by atoms with Crippen LogP contribution >= 0.6 is 0 Å². The second kappa shape index (κ2) is 10.4. The first kappa shape index (κ1) is 21.3. The van der Waals surface area contributed by atoms with Gasteiger partial charge in [-0.15, -0.1) is 0 Å². The van der Waals surface area contributed by atoms with Crippen molar-refractivity contribution in [2.45, 2.75) is 38.0 Å². The molecule has 1 aromatic carbocycles. The third kappa shape index (κ3) is 7.28. The molecule has 150 valence electrons. The highest BCUT2D eigenvalue weighted by Gasteiger charge is 2.25. The molecular weight excluding hydrogens is 372 g/mol. The Kier molecular flexibility index (Phi) is 8.21. The van der Waals surface area contributed by atoms with Gasteiger partial charge in [-0.25, -0.2) is 8.42 Å². The summed E-state index contributed by atoms with van der Waals surface area (Å²) < 4.78 is 31.9. The van der Waals surface area contributed by atoms with E-state index in [-0.39, 0.29) is 31.0 Å². The number of unbranched alkanes of at least 4 members (excludes halogenated alkanes) is 1. The third-order valence-electron chi connectivity index (χ3n) is 4.34. The standard InChI is InChI=1S/C18H26N2O6S/c21-17(7-3-4-8-18(22)23)19-13-15-5-1-2-6-16(15)14-27(24,25)20-9-11-26-12-10-20/h1-2,5-6H,3-4,7-14H2,(H,19,21)(H,22,23). The molecule has 2 rings (SSSR count). The maximum atomic E-state index is 12.6. The second-order valence-electron chi connectivity index (χ2n) is 6.41. The lowest BCUT2D eigenvalue weighted by atomic mass is 10.1. The van der Waals surface area contributed by atoms with Crippen molar-refractivity contribution < 1.29 is 27.9 Å². The highest BCUT2D eigenvalue weighted by molar-refractivity contribution is 7.88. The first-order valence-electron chi connectivity index (χ1n) is 8.99. The van der Waals surface area contributed by atoms with Gasteiger partial charge in [0.15, 0.2) is 0 Å². The van der Waals surface area contributed by atoms with Crippen molar-refractivity contribution in [3.63, 3.8) is 0 Å². The Morgan fingerprint density at radius 1 is 1.07 bits per heavy atom. The molecule has 0 atom stereocenters. The molecule has 2 N–H and O–H groups in total. The molecular formula is C18H26N2O6S. The number of sulfonamides is 1. The first-order chi connectivity index (χ1) is 12.9. The van der Waals surface area contributed by atoms with Crippen molar-refractivity contribution in [1.29, 1.82) is 0 Å². The summed E-state index contributed by atoms with van der Waals surface area (Å²) in [7, 11) is -3.44. The van der Waals surface area contributed by atoms with Crippen LogP contribution in [0.25, 0.3) is 0 Å². The number of hydrogen-bond donors (Lipinski definition) is 2. The summed E-state index contributed by atoms with van der Waals surface area (Å²) in [5.74, 6) is -1.16. The summed E-state index contributed by atoms with van der Waals surface area (Å²) in [6, 6.07) is 7.14. The minimum atomic E-state index is -3.44. The predicted molar refractivity (Wildman–Crippen MR) is 99.4 cm³/mol. The van der Waals surface area contributed by atoms with Crippen molar-refractivity contribution in [2.24, 2.45) is 0 Å². The molecule has 1 fully saturated rings. The van der Waals surface area contributed by atoms with Crippen molar-refractivity contribution in [1.82, 2.24) is 9.62 Å². The molecule has 1 heterocycles. The number of hydrogen-bond acceptors (Lipinski definition) is 5. The van der Waals surface area contributed by atoms with Crippen LogP contribution < -0.4 is 5.32 Å². The fourth-order valence-electron chi connectivity index (χ4n) is 2.83. The summed E-state index contributed by atoms with van der Waals surface area (Å²) in [6.07, 6.45) is 1.26. The number of rotatable bonds is 10. The number of carbonyl (C=O) groups is 2. The zero-order valence-electron chi connectivity index (χ0n) is 15.2. The van der Waals surface area contributed by atoms with Crippen LogP contribution in [-0.4, -0.2) is 56.0 Å². The Balaban J connectivity index is 1.89. The fourth-order valence-corrected chi connectivity index (χ4v) is 4.39. The van der Waals surface area contributed by atoms with Gasteiger partial charge in [0.2, 0.25) is 15.9 Å². The summed E-state index contributed by atoms with van der Waals surface area (Å²) in [5.41, 5.74) is 1.42. The molecule has 8 nitrogen and oxygen atoms in total. The lowest BCUT2D eigenvalue weighted by Crippen LogP contribution is -2.41. The molecule has 0 aromatic heterocycles. The van der Waals surface area contributed by atoms with E-state index in [9.17, 15) is 18.0 Å². The largest absolute Gasteiger partial charge is 0.481 e. The van der Waals surface area contributed by atoms with Crippen LogP contribution in [0.1, 0.15) is 36.8 Å². The van der Waals surface area contributed by atoms with Crippen LogP contribution in [0, 0.1) is 0 Å². The summed E-state index contributed by atoms with van der Waals surface area (Å²) in [6.45, 7) is 1.76. The highest BCUT2D eigenvalue weighted by atomic mass is 32.2. The van der Waals surface area contributed by atoms with Gasteiger partial charge in [0.25, 0.3) is 0 Å². The van der Waals surface area contributed by atoms with Gasteiger partial charge < -0.3 is 15.2 Å². The van der Waals surface area contributed by atoms with E-state index in [1.54, 1.807) is 24.3 Å². The van der Waals surface area contributed by atoms with E-state index in [1.165, 1.54) is 4.31 Å². The lowest BCUT2D eigenvalue weighted by molar-refractivity contribution is -0.137. The van der Waals surface area contributed by atoms with E-state index in [4.69, 9.17) is 9.84 Å². The number of amides is 1. The number of morpholine rings is 1. The predicted octanol–water partition coefficient (Wildman–Crippen LogP) is 1.11. The molecule has 0 radical (unpaired) electrons. The molecule has 0 bridgehead atoms. The SMILES string of the molecule is O=C(O)CCCCC(=O)NCc1ccccc1CS(=O)(=O)N1CCOCC1. The van der Waals surface area contributed by atoms with Gasteiger partial charge in [-0.05, 0) is 24.0 Å². The quantitative estimate of drug-likeness (QED) is 0.571. The molecule has 9 heteroatoms. The van der Waals surface area contributed by atoms with Gasteiger partial charge in [0, 0.05) is 32.5 Å². The number of nitrogens with zero attached hydrogens (tertiary/aromatic N) is 1. The van der Waals surface area contributed by atoms with Gasteiger partial charge in [-0.1, -0.05) is 24.3 Å². The van der Waals surface area contributed by atoms with Gasteiger partial charge in [-0.2, -0.15) is 4.31 Å². The van der Waals surface area contributed by atoms with E-state index in [2.05, 4.69) is 5.32 Å². The van der Waals surface area contributed by atoms with E-state index in [0.29, 0.717) is 44.7 Å². The minimum absolute atomic E-state index is 0.0511. The first-order valence-corrected chi connectivity index (χ1v) is 10.6. The molecule has 0 saturated carbocycles. The van der Waals surface area contributed by atoms with Crippen molar-refractivity contribution in [2.75, 3.05) is 26.3 Å². The van der Waals surface area contributed by atoms with Crippen LogP contribution in [0.2, 0.25) is 0 Å². The van der Waals surface area contributed by atoms with E-state index in [0.717, 1.165) is 5.56 Å². The van der Waals surface area contributed by atoms with Gasteiger partial charge in [0.1, 0.15) is 0 Å². The smallest absolute Gasteiger partial charge is 0.303 e. The Hall–Kier alpha value is -1.97. The lowest BCUT2D eigenvalue weighted by Gasteiger charge is -2.26. The Bertz CT molecular complexity index is 744. The molecule has 0 unspecified atom stereocenters.